The van der Waals surface area contributed by atoms with Crippen LogP contribution >= 0.6 is 0 Å². The largest absolute Gasteiger partial charge is 0.497 e. The normalized spacial score (nSPS) is 16.8. The first-order valence-corrected chi connectivity index (χ1v) is 8.18. The van der Waals surface area contributed by atoms with Crippen molar-refractivity contribution in [2.24, 2.45) is 14.1 Å². The van der Waals surface area contributed by atoms with Crippen LogP contribution in [0.3, 0.4) is 0 Å². The van der Waals surface area contributed by atoms with Crippen molar-refractivity contribution >= 4 is 22.8 Å². The summed E-state index contributed by atoms with van der Waals surface area (Å²) in [6.45, 7) is 0.560. The highest BCUT2D eigenvalue weighted by atomic mass is 16.5. The monoisotopic (exact) mass is 357 g/mol. The smallest absolute Gasteiger partial charge is 0.332 e. The lowest BCUT2D eigenvalue weighted by atomic mass is 10.2. The van der Waals surface area contributed by atoms with Crippen molar-refractivity contribution < 1.29 is 9.84 Å². The zero-order valence-corrected chi connectivity index (χ0v) is 14.7. The van der Waals surface area contributed by atoms with Crippen LogP contribution in [-0.4, -0.2) is 43.6 Å². The Kier molecular flexibility index (Phi) is 3.62. The molecule has 1 atom stereocenters. The molecule has 1 aromatic carbocycles. The van der Waals surface area contributed by atoms with Crippen molar-refractivity contribution in [3.05, 3.63) is 45.1 Å². The van der Waals surface area contributed by atoms with Gasteiger partial charge in [0, 0.05) is 25.8 Å². The fourth-order valence-corrected chi connectivity index (χ4v) is 3.37. The number of ether oxygens (including phenoxy) is 1. The molecule has 0 amide bonds. The van der Waals surface area contributed by atoms with Crippen molar-refractivity contribution in [1.82, 2.24) is 18.7 Å². The molecule has 9 heteroatoms. The Morgan fingerprint density at radius 1 is 1.19 bits per heavy atom. The molecule has 4 rings (SSSR count). The molecular formula is C17H19N5O4. The number of methoxy groups -OCH3 is 1. The van der Waals surface area contributed by atoms with E-state index in [1.807, 2.05) is 29.2 Å². The number of imidazole rings is 1. The fraction of sp³-hybridized carbons (Fsp3) is 0.353. The molecule has 9 nitrogen and oxygen atoms in total. The van der Waals surface area contributed by atoms with E-state index in [0.717, 1.165) is 10.3 Å². The Labute approximate surface area is 148 Å². The molecule has 0 saturated carbocycles. The van der Waals surface area contributed by atoms with Gasteiger partial charge in [-0.3, -0.25) is 13.9 Å². The van der Waals surface area contributed by atoms with E-state index in [9.17, 15) is 14.7 Å². The SMILES string of the molecule is COc1cccc(N2C[C@H](O)Cn3c2nc2c3c(=O)n(C)c(=O)n2C)c1. The number of hydrogen-bond acceptors (Lipinski definition) is 6. The van der Waals surface area contributed by atoms with E-state index in [1.54, 1.807) is 18.7 Å². The molecule has 1 aliphatic heterocycles. The second-order valence-corrected chi connectivity index (χ2v) is 6.37. The van der Waals surface area contributed by atoms with Crippen molar-refractivity contribution in [2.45, 2.75) is 12.6 Å². The first-order chi connectivity index (χ1) is 12.4. The van der Waals surface area contributed by atoms with Crippen molar-refractivity contribution in [3.63, 3.8) is 0 Å². The van der Waals surface area contributed by atoms with Gasteiger partial charge in [-0.25, -0.2) is 4.79 Å². The van der Waals surface area contributed by atoms with Crippen LogP contribution in [0, 0.1) is 0 Å². The van der Waals surface area contributed by atoms with Gasteiger partial charge in [0.15, 0.2) is 11.2 Å². The maximum Gasteiger partial charge on any atom is 0.332 e. The van der Waals surface area contributed by atoms with Crippen LogP contribution in [0.15, 0.2) is 33.9 Å². The number of rotatable bonds is 2. The summed E-state index contributed by atoms with van der Waals surface area (Å²) in [4.78, 5) is 31.2. The molecular weight excluding hydrogens is 338 g/mol. The first-order valence-electron chi connectivity index (χ1n) is 8.18. The van der Waals surface area contributed by atoms with Gasteiger partial charge < -0.3 is 19.3 Å². The van der Waals surface area contributed by atoms with E-state index in [4.69, 9.17) is 4.74 Å². The van der Waals surface area contributed by atoms with Crippen LogP contribution in [-0.2, 0) is 20.6 Å². The summed E-state index contributed by atoms with van der Waals surface area (Å²) in [5.74, 6) is 1.19. The Hall–Kier alpha value is -3.07. The maximum absolute atomic E-state index is 12.7. The minimum atomic E-state index is -0.687. The second-order valence-electron chi connectivity index (χ2n) is 6.37. The predicted molar refractivity (Wildman–Crippen MR) is 96.2 cm³/mol. The van der Waals surface area contributed by atoms with Gasteiger partial charge in [-0.2, -0.15) is 4.98 Å². The minimum absolute atomic E-state index is 0.236. The number of anilines is 2. The number of aryl methyl sites for hydroxylation is 1. The minimum Gasteiger partial charge on any atom is -0.497 e. The van der Waals surface area contributed by atoms with Gasteiger partial charge in [-0.15, -0.1) is 0 Å². The summed E-state index contributed by atoms with van der Waals surface area (Å²) in [6.07, 6.45) is -0.687. The fourth-order valence-electron chi connectivity index (χ4n) is 3.37. The van der Waals surface area contributed by atoms with Gasteiger partial charge in [0.25, 0.3) is 5.56 Å². The van der Waals surface area contributed by atoms with Gasteiger partial charge in [-0.1, -0.05) is 6.07 Å². The number of β-amino-alcohol motifs (C(OH)–C–C–N with tert-alkyl or cyclic N) is 1. The molecule has 0 spiro atoms. The molecule has 0 unspecified atom stereocenters. The summed E-state index contributed by atoms with van der Waals surface area (Å²) >= 11 is 0. The van der Waals surface area contributed by atoms with Gasteiger partial charge in [-0.05, 0) is 12.1 Å². The number of aliphatic hydroxyl groups is 1. The zero-order chi connectivity index (χ0) is 18.6. The summed E-state index contributed by atoms with van der Waals surface area (Å²) in [5, 5.41) is 10.4. The van der Waals surface area contributed by atoms with E-state index in [2.05, 4.69) is 4.98 Å². The third-order valence-corrected chi connectivity index (χ3v) is 4.72. The zero-order valence-electron chi connectivity index (χ0n) is 14.7. The number of aromatic nitrogens is 4. The van der Waals surface area contributed by atoms with Crippen LogP contribution < -0.4 is 20.9 Å². The Balaban J connectivity index is 2.01. The van der Waals surface area contributed by atoms with Crippen molar-refractivity contribution in [3.8, 4) is 5.75 Å². The molecule has 1 aliphatic rings. The number of aliphatic hydroxyl groups excluding tert-OH is 1. The van der Waals surface area contributed by atoms with Crippen LogP contribution in [0.25, 0.3) is 11.2 Å². The second kappa shape index (κ2) is 5.73. The number of benzene rings is 1. The lowest BCUT2D eigenvalue weighted by Crippen LogP contribution is -2.40. The summed E-state index contributed by atoms with van der Waals surface area (Å²) in [5.41, 5.74) is 0.515. The number of nitrogens with zero attached hydrogens (tertiary/aromatic N) is 5. The molecule has 1 N–H and O–H groups in total. The van der Waals surface area contributed by atoms with E-state index in [0.29, 0.717) is 29.4 Å². The number of fused-ring (bicyclic) bond motifs is 3. The molecule has 136 valence electrons. The van der Waals surface area contributed by atoms with Crippen LogP contribution in [0.2, 0.25) is 0 Å². The molecule has 0 fully saturated rings. The van der Waals surface area contributed by atoms with Gasteiger partial charge in [0.2, 0.25) is 5.95 Å². The van der Waals surface area contributed by atoms with Gasteiger partial charge in [0.1, 0.15) is 5.75 Å². The van der Waals surface area contributed by atoms with Crippen LogP contribution in [0.4, 0.5) is 11.6 Å². The lowest BCUT2D eigenvalue weighted by molar-refractivity contribution is 0.154. The molecule has 0 bridgehead atoms. The summed E-state index contributed by atoms with van der Waals surface area (Å²) < 4.78 is 9.34. The molecule has 2 aromatic heterocycles. The highest BCUT2D eigenvalue weighted by Crippen LogP contribution is 2.32. The summed E-state index contributed by atoms with van der Waals surface area (Å²) in [7, 11) is 4.59. The average Bonchev–Trinajstić information content (AvgIpc) is 3.03. The van der Waals surface area contributed by atoms with E-state index in [1.165, 1.54) is 11.6 Å². The summed E-state index contributed by atoms with van der Waals surface area (Å²) in [6, 6.07) is 7.38. The van der Waals surface area contributed by atoms with Gasteiger partial charge in [0.05, 0.1) is 26.3 Å². The van der Waals surface area contributed by atoms with Crippen LogP contribution in [0.1, 0.15) is 0 Å². The number of hydrogen-bond donors (Lipinski definition) is 1. The molecule has 0 saturated heterocycles. The molecule has 3 heterocycles. The Bertz CT molecular complexity index is 1130. The van der Waals surface area contributed by atoms with Gasteiger partial charge >= 0.3 is 5.69 Å². The lowest BCUT2D eigenvalue weighted by Gasteiger charge is -2.32. The van der Waals surface area contributed by atoms with E-state index < -0.39 is 17.4 Å². The highest BCUT2D eigenvalue weighted by molar-refractivity contribution is 5.77. The third-order valence-electron chi connectivity index (χ3n) is 4.72. The predicted octanol–water partition coefficient (Wildman–Crippen LogP) is -0.0451. The maximum atomic E-state index is 12.7. The topological polar surface area (TPSA) is 94.5 Å². The Morgan fingerprint density at radius 3 is 2.69 bits per heavy atom. The molecule has 0 radical (unpaired) electrons. The molecule has 26 heavy (non-hydrogen) atoms. The van der Waals surface area contributed by atoms with Crippen molar-refractivity contribution in [1.29, 1.82) is 0 Å². The first kappa shape index (κ1) is 16.4. The van der Waals surface area contributed by atoms with Crippen molar-refractivity contribution in [2.75, 3.05) is 18.6 Å². The van der Waals surface area contributed by atoms with E-state index in [-0.39, 0.29) is 6.54 Å². The molecule has 0 aliphatic carbocycles. The quantitative estimate of drug-likeness (QED) is 0.691. The van der Waals surface area contributed by atoms with E-state index >= 15 is 0 Å². The Morgan fingerprint density at radius 2 is 1.96 bits per heavy atom. The molecule has 3 aromatic rings. The van der Waals surface area contributed by atoms with Crippen LogP contribution in [0.5, 0.6) is 5.75 Å². The third kappa shape index (κ3) is 2.24. The average molecular weight is 357 g/mol. The standard InChI is InChI=1S/C17H19N5O4/c1-19-14-13(15(24)20(2)17(19)25)22-9-11(23)8-21(16(22)18-14)10-5-4-6-12(7-10)26-3/h4-7,11,23H,8-9H2,1-3H3/t11-/m0/s1. The highest BCUT2D eigenvalue weighted by Gasteiger charge is 2.30.